The highest BCUT2D eigenvalue weighted by molar-refractivity contribution is 14.2. The molecular formula is C27H35FI2O5. The van der Waals surface area contributed by atoms with Crippen LogP contribution in [0.4, 0.5) is 4.39 Å². The first-order chi connectivity index (χ1) is 16.3. The summed E-state index contributed by atoms with van der Waals surface area (Å²) in [5.74, 6) is -1.78. The first-order valence-electron chi connectivity index (χ1n) is 12.6. The van der Waals surface area contributed by atoms with Crippen molar-refractivity contribution >= 4 is 62.7 Å². The highest BCUT2D eigenvalue weighted by Crippen LogP contribution is 2.71. The van der Waals surface area contributed by atoms with Crippen molar-refractivity contribution in [1.82, 2.24) is 0 Å². The van der Waals surface area contributed by atoms with Crippen molar-refractivity contribution in [3.8, 4) is 0 Å². The zero-order valence-electron chi connectivity index (χ0n) is 20.8. The van der Waals surface area contributed by atoms with Crippen LogP contribution in [0.2, 0.25) is 0 Å². The van der Waals surface area contributed by atoms with Crippen LogP contribution in [0.5, 0.6) is 0 Å². The lowest BCUT2D eigenvalue weighted by Crippen LogP contribution is -2.70. The number of carbonyl (C=O) groups excluding carboxylic acids is 3. The zero-order valence-corrected chi connectivity index (χ0v) is 25.1. The van der Waals surface area contributed by atoms with Gasteiger partial charge in [0.15, 0.2) is 22.8 Å². The molecule has 8 atom stereocenters. The van der Waals surface area contributed by atoms with Crippen molar-refractivity contribution in [3.05, 3.63) is 23.8 Å². The summed E-state index contributed by atoms with van der Waals surface area (Å²) in [4.78, 5) is 38.9. The fourth-order valence-electron chi connectivity index (χ4n) is 8.04. The lowest BCUT2D eigenvalue weighted by molar-refractivity contribution is -0.227. The van der Waals surface area contributed by atoms with Gasteiger partial charge in [0, 0.05) is 29.1 Å². The minimum absolute atomic E-state index is 0.0203. The molecule has 4 rings (SSSR count). The van der Waals surface area contributed by atoms with Gasteiger partial charge in [0.2, 0.25) is 0 Å². The maximum absolute atomic E-state index is 17.4. The Labute approximate surface area is 234 Å². The molecule has 194 valence electrons. The molecule has 3 saturated carbocycles. The number of fused-ring (bicyclic) bond motifs is 5. The van der Waals surface area contributed by atoms with Gasteiger partial charge in [-0.25, -0.2) is 4.39 Å². The Bertz CT molecular complexity index is 994. The summed E-state index contributed by atoms with van der Waals surface area (Å²) in [5.41, 5.74) is -4.64. The second-order valence-electron chi connectivity index (χ2n) is 11.4. The molecule has 0 aromatic rings. The van der Waals surface area contributed by atoms with Crippen LogP contribution in [0.15, 0.2) is 23.8 Å². The van der Waals surface area contributed by atoms with E-state index in [4.69, 9.17) is 4.74 Å². The van der Waals surface area contributed by atoms with Crippen molar-refractivity contribution in [1.29, 1.82) is 0 Å². The van der Waals surface area contributed by atoms with Crippen molar-refractivity contribution < 1.29 is 28.6 Å². The van der Waals surface area contributed by atoms with E-state index >= 15 is 4.39 Å². The largest absolute Gasteiger partial charge is 0.450 e. The highest BCUT2D eigenvalue weighted by Gasteiger charge is 2.77. The molecule has 0 radical (unpaired) electrons. The Balaban J connectivity index is 1.82. The molecule has 1 N–H and O–H groups in total. The van der Waals surface area contributed by atoms with Gasteiger partial charge in [-0.2, -0.15) is 0 Å². The van der Waals surface area contributed by atoms with E-state index in [9.17, 15) is 19.5 Å². The monoisotopic (exact) mass is 712 g/mol. The number of alkyl halides is 3. The Hall–Kier alpha value is -0.360. The quantitative estimate of drug-likeness (QED) is 0.213. The van der Waals surface area contributed by atoms with Gasteiger partial charge in [0.05, 0.1) is 6.10 Å². The average molecular weight is 712 g/mol. The highest BCUT2D eigenvalue weighted by atomic mass is 127. The molecule has 0 amide bonds. The normalized spacial score (nSPS) is 44.4. The number of halogens is 3. The second kappa shape index (κ2) is 9.43. The lowest BCUT2D eigenvalue weighted by Gasteiger charge is -2.62. The zero-order chi connectivity index (χ0) is 26.0. The Morgan fingerprint density at radius 1 is 1.29 bits per heavy atom. The van der Waals surface area contributed by atoms with Gasteiger partial charge in [-0.15, -0.1) is 0 Å². The van der Waals surface area contributed by atoms with Gasteiger partial charge < -0.3 is 9.84 Å². The number of unbranched alkanes of at least 4 members (excludes halogenated alkanes) is 1. The number of allylic oxidation sites excluding steroid dienone is 4. The van der Waals surface area contributed by atoms with Gasteiger partial charge in [-0.3, -0.25) is 14.4 Å². The molecule has 0 bridgehead atoms. The van der Waals surface area contributed by atoms with Gasteiger partial charge in [-0.1, -0.05) is 84.0 Å². The third kappa shape index (κ3) is 3.76. The van der Waals surface area contributed by atoms with Crippen LogP contribution in [0.3, 0.4) is 0 Å². The van der Waals surface area contributed by atoms with Crippen LogP contribution in [-0.4, -0.2) is 41.9 Å². The predicted molar refractivity (Wildman–Crippen MR) is 148 cm³/mol. The molecule has 0 spiro atoms. The predicted octanol–water partition coefficient (Wildman–Crippen LogP) is 5.84. The SMILES string of the molecule is CCCCC(=O)O[C@@]1(C(=O)C(I)I)[C@@H](C)C[C@H]2[C@@H]3CCC4=CC(=O)C=C[C@]4(C)[C@@]3(F)[C@@H](O)C[C@@]21C. The van der Waals surface area contributed by atoms with Crippen molar-refractivity contribution in [2.45, 2.75) is 91.9 Å². The van der Waals surface area contributed by atoms with E-state index in [0.717, 1.165) is 12.0 Å². The van der Waals surface area contributed by atoms with E-state index in [2.05, 4.69) is 45.2 Å². The third-order valence-corrected chi connectivity index (χ3v) is 10.9. The fraction of sp³-hybridized carbons (Fsp3) is 0.741. The molecule has 35 heavy (non-hydrogen) atoms. The number of aliphatic hydroxyl groups excluding tert-OH is 1. The average Bonchev–Trinajstić information content (AvgIpc) is 3.00. The summed E-state index contributed by atoms with van der Waals surface area (Å²) in [6, 6.07) is 0. The molecule has 0 saturated heterocycles. The maximum Gasteiger partial charge on any atom is 0.306 e. The second-order valence-corrected chi connectivity index (χ2v) is 16.3. The molecule has 0 aliphatic heterocycles. The van der Waals surface area contributed by atoms with Gasteiger partial charge >= 0.3 is 5.97 Å². The van der Waals surface area contributed by atoms with Crippen LogP contribution in [0.25, 0.3) is 0 Å². The minimum atomic E-state index is -1.97. The molecule has 4 aliphatic carbocycles. The molecule has 4 aliphatic rings. The molecular weight excluding hydrogens is 677 g/mol. The molecule has 0 unspecified atom stereocenters. The topological polar surface area (TPSA) is 80.7 Å². The third-order valence-electron chi connectivity index (χ3n) is 9.75. The smallest absolute Gasteiger partial charge is 0.306 e. The van der Waals surface area contributed by atoms with E-state index in [1.807, 2.05) is 20.8 Å². The van der Waals surface area contributed by atoms with Gasteiger partial charge in [0.1, 0.15) is 1.93 Å². The van der Waals surface area contributed by atoms with E-state index < -0.39 is 42.0 Å². The summed E-state index contributed by atoms with van der Waals surface area (Å²) >= 11 is 4.12. The first kappa shape index (κ1) is 27.7. The van der Waals surface area contributed by atoms with E-state index in [1.54, 1.807) is 13.0 Å². The van der Waals surface area contributed by atoms with Crippen LogP contribution in [0.1, 0.15) is 72.6 Å². The summed E-state index contributed by atoms with van der Waals surface area (Å²) < 4.78 is 23.2. The van der Waals surface area contributed by atoms with Crippen LogP contribution in [-0.2, 0) is 19.1 Å². The van der Waals surface area contributed by atoms with Gasteiger partial charge in [0.25, 0.3) is 0 Å². The summed E-state index contributed by atoms with van der Waals surface area (Å²) in [7, 11) is 0. The van der Waals surface area contributed by atoms with Crippen LogP contribution >= 0.6 is 45.2 Å². The van der Waals surface area contributed by atoms with Crippen molar-refractivity contribution in [2.75, 3.05) is 0 Å². The Morgan fingerprint density at radius 2 is 1.97 bits per heavy atom. The van der Waals surface area contributed by atoms with E-state index in [1.165, 1.54) is 12.2 Å². The number of esters is 1. The number of aliphatic hydroxyl groups is 1. The number of hydrogen-bond donors (Lipinski definition) is 1. The lowest BCUT2D eigenvalue weighted by atomic mass is 9.44. The molecule has 5 nitrogen and oxygen atoms in total. The van der Waals surface area contributed by atoms with Crippen molar-refractivity contribution in [2.24, 2.45) is 28.6 Å². The van der Waals surface area contributed by atoms with Crippen molar-refractivity contribution in [3.63, 3.8) is 0 Å². The molecule has 3 fully saturated rings. The fourth-order valence-corrected chi connectivity index (χ4v) is 8.96. The minimum Gasteiger partial charge on any atom is -0.450 e. The van der Waals surface area contributed by atoms with Crippen LogP contribution < -0.4 is 0 Å². The maximum atomic E-state index is 17.4. The number of hydrogen-bond acceptors (Lipinski definition) is 5. The first-order valence-corrected chi connectivity index (χ1v) is 15.1. The Kier molecular flexibility index (Phi) is 7.46. The number of rotatable bonds is 6. The van der Waals surface area contributed by atoms with Crippen LogP contribution in [0, 0.1) is 28.6 Å². The molecule has 8 heteroatoms. The molecule has 0 aromatic carbocycles. The number of ether oxygens (including phenoxy) is 1. The summed E-state index contributed by atoms with van der Waals surface area (Å²) in [6.45, 7) is 7.64. The standard InChI is InChI=1S/C27H35FI2O5/c1-5-6-7-21(33)35-27(22(34)23(29)30)15(2)12-19-18-9-8-16-13-17(31)10-11-24(16,3)26(18,28)20(32)14-25(19,27)4/h10-11,13,15,18-20,23,32H,5-9,12,14H2,1-4H3/t15-,18-,19-,20-,24-,25-,26-,27+/m0/s1. The molecule has 0 aromatic heterocycles. The summed E-state index contributed by atoms with van der Waals surface area (Å²) in [6.07, 6.45) is 6.55. The summed E-state index contributed by atoms with van der Waals surface area (Å²) in [5, 5.41) is 11.6. The molecule has 0 heterocycles. The number of ketones is 2. The van der Waals surface area contributed by atoms with Gasteiger partial charge in [-0.05, 0) is 57.1 Å². The number of Topliss-reactive ketones (excluding diaryl/α,β-unsaturated/α-hetero) is 1. The van der Waals surface area contributed by atoms with E-state index in [0.29, 0.717) is 25.7 Å². The van der Waals surface area contributed by atoms with E-state index in [-0.39, 0.29) is 36.2 Å². The number of carbonyl (C=O) groups is 3. The Morgan fingerprint density at radius 3 is 2.60 bits per heavy atom.